The van der Waals surface area contributed by atoms with E-state index in [9.17, 15) is 9.59 Å². The van der Waals surface area contributed by atoms with Crippen LogP contribution in [0.4, 0.5) is 0 Å². The molecule has 39 heavy (non-hydrogen) atoms. The molecule has 1 fully saturated rings. The molecule has 0 aliphatic carbocycles. The second-order valence-corrected chi connectivity index (χ2v) is 12.2. The van der Waals surface area contributed by atoms with Crippen molar-refractivity contribution >= 4 is 33.5 Å². The van der Waals surface area contributed by atoms with Crippen LogP contribution in [0.2, 0.25) is 0 Å². The van der Waals surface area contributed by atoms with Gasteiger partial charge in [-0.1, -0.05) is 83.5 Å². The van der Waals surface area contributed by atoms with Crippen molar-refractivity contribution in [3.05, 3.63) is 66.5 Å². The van der Waals surface area contributed by atoms with Gasteiger partial charge in [0.05, 0.1) is 19.6 Å². The molecule has 0 aromatic rings. The van der Waals surface area contributed by atoms with Crippen molar-refractivity contribution < 1.29 is 19.1 Å². The number of hydrogen-bond donors (Lipinski definition) is 0. The van der Waals surface area contributed by atoms with E-state index in [4.69, 9.17) is 9.47 Å². The summed E-state index contributed by atoms with van der Waals surface area (Å²) in [4.78, 5) is 23.5. The lowest BCUT2D eigenvalue weighted by Gasteiger charge is -2.07. The van der Waals surface area contributed by atoms with Crippen LogP contribution >= 0.6 is 21.6 Å². The first kappa shape index (κ1) is 35.1. The van der Waals surface area contributed by atoms with E-state index in [1.807, 2.05) is 27.7 Å². The zero-order chi connectivity index (χ0) is 28.1. The van der Waals surface area contributed by atoms with Gasteiger partial charge in [-0.15, -0.1) is 5.73 Å². The summed E-state index contributed by atoms with van der Waals surface area (Å²) < 4.78 is 10.4. The van der Waals surface area contributed by atoms with Gasteiger partial charge in [-0.3, -0.25) is 9.59 Å². The predicted molar refractivity (Wildman–Crippen MR) is 170 cm³/mol. The van der Waals surface area contributed by atoms with E-state index in [1.165, 1.54) is 37.9 Å². The SMILES string of the molecule is CC/C=C\C/C=C\CCCC/C=C\C/C=C\CC=C=CCC(=O)OCCCOC(=O)CCCCC1CCSS1. The summed E-state index contributed by atoms with van der Waals surface area (Å²) in [5.74, 6) is 0.812. The summed E-state index contributed by atoms with van der Waals surface area (Å²) >= 11 is 0. The van der Waals surface area contributed by atoms with Crippen molar-refractivity contribution in [3.8, 4) is 0 Å². The summed E-state index contributed by atoms with van der Waals surface area (Å²) in [6, 6.07) is 0. The first-order valence-corrected chi connectivity index (χ1v) is 17.2. The van der Waals surface area contributed by atoms with Crippen LogP contribution in [0.15, 0.2) is 66.5 Å². The average Bonchev–Trinajstić information content (AvgIpc) is 3.46. The lowest BCUT2D eigenvalue weighted by atomic mass is 10.1. The highest BCUT2D eigenvalue weighted by Crippen LogP contribution is 2.39. The molecule has 1 heterocycles. The molecule has 1 unspecified atom stereocenters. The first-order valence-electron chi connectivity index (χ1n) is 14.8. The van der Waals surface area contributed by atoms with E-state index in [-0.39, 0.29) is 25.0 Å². The molecule has 218 valence electrons. The molecule has 1 rings (SSSR count). The Labute approximate surface area is 245 Å². The largest absolute Gasteiger partial charge is 0.466 e. The van der Waals surface area contributed by atoms with Crippen molar-refractivity contribution in [1.82, 2.24) is 0 Å². The molecule has 0 N–H and O–H groups in total. The predicted octanol–water partition coefficient (Wildman–Crippen LogP) is 9.64. The monoisotopic (exact) mass is 574 g/mol. The Morgan fingerprint density at radius 2 is 1.44 bits per heavy atom. The molecular weight excluding hydrogens is 524 g/mol. The first-order chi connectivity index (χ1) is 19.2. The number of carbonyl (C=O) groups is 2. The molecule has 6 heteroatoms. The Morgan fingerprint density at radius 1 is 0.769 bits per heavy atom. The van der Waals surface area contributed by atoms with E-state index in [0.717, 1.165) is 50.2 Å². The average molecular weight is 575 g/mol. The Kier molecular flexibility index (Phi) is 24.9. The third kappa shape index (κ3) is 24.9. The van der Waals surface area contributed by atoms with E-state index in [0.29, 0.717) is 19.4 Å². The van der Waals surface area contributed by atoms with E-state index >= 15 is 0 Å². The van der Waals surface area contributed by atoms with E-state index in [2.05, 4.69) is 61.3 Å². The molecule has 1 saturated heterocycles. The van der Waals surface area contributed by atoms with Gasteiger partial charge in [-0.2, -0.15) is 0 Å². The third-order valence-electron chi connectivity index (χ3n) is 5.90. The normalized spacial score (nSPS) is 15.5. The number of ether oxygens (including phenoxy) is 2. The number of hydrogen-bond acceptors (Lipinski definition) is 6. The maximum absolute atomic E-state index is 11.8. The summed E-state index contributed by atoms with van der Waals surface area (Å²) in [5.41, 5.74) is 3.02. The van der Waals surface area contributed by atoms with Gasteiger partial charge in [0, 0.05) is 23.8 Å². The van der Waals surface area contributed by atoms with E-state index in [1.54, 1.807) is 6.08 Å². The standard InChI is InChI=1S/C33H50O4S2/c1-2-3-4-5-6-7-8-9-10-11-12-13-14-15-16-17-18-19-20-25-32(34)36-28-23-29-37-33(35)26-22-21-24-31-27-30-38-39-31/h3-4,6-7,12-13,15-16,18,20,31H,2,5,8-11,14,17,21-30H2,1H3/b4-3-,7-6-,13-12-,16-15-. The van der Waals surface area contributed by atoms with Crippen molar-refractivity contribution in [1.29, 1.82) is 0 Å². The van der Waals surface area contributed by atoms with Gasteiger partial charge < -0.3 is 9.47 Å². The maximum atomic E-state index is 11.8. The Hall–Kier alpha value is -1.88. The third-order valence-corrected chi connectivity index (χ3v) is 8.90. The fourth-order valence-electron chi connectivity index (χ4n) is 3.69. The highest BCUT2D eigenvalue weighted by atomic mass is 33.1. The maximum Gasteiger partial charge on any atom is 0.310 e. The smallest absolute Gasteiger partial charge is 0.310 e. The van der Waals surface area contributed by atoms with Gasteiger partial charge in [0.1, 0.15) is 0 Å². The molecule has 0 saturated carbocycles. The lowest BCUT2D eigenvalue weighted by Crippen LogP contribution is -2.10. The molecule has 0 radical (unpaired) electrons. The van der Waals surface area contributed by atoms with Gasteiger partial charge >= 0.3 is 11.9 Å². The molecule has 0 amide bonds. The topological polar surface area (TPSA) is 52.6 Å². The summed E-state index contributed by atoms with van der Waals surface area (Å²) in [6.07, 6.45) is 35.7. The van der Waals surface area contributed by atoms with Crippen LogP contribution in [0.25, 0.3) is 0 Å². The van der Waals surface area contributed by atoms with Gasteiger partial charge in [0.2, 0.25) is 0 Å². The van der Waals surface area contributed by atoms with Gasteiger partial charge in [0.25, 0.3) is 0 Å². The highest BCUT2D eigenvalue weighted by molar-refractivity contribution is 8.77. The molecule has 0 aromatic carbocycles. The van der Waals surface area contributed by atoms with E-state index < -0.39 is 0 Å². The van der Waals surface area contributed by atoms with Crippen LogP contribution in [-0.4, -0.2) is 36.2 Å². The van der Waals surface area contributed by atoms with Gasteiger partial charge in [0.15, 0.2) is 0 Å². The van der Waals surface area contributed by atoms with Gasteiger partial charge in [-0.25, -0.2) is 0 Å². The number of unbranched alkanes of at least 4 members (excludes halogenated alkanes) is 4. The number of allylic oxidation sites excluding steroid dienone is 8. The van der Waals surface area contributed by atoms with Crippen LogP contribution in [0.3, 0.4) is 0 Å². The molecule has 1 aliphatic rings. The van der Waals surface area contributed by atoms with Crippen molar-refractivity contribution in [2.24, 2.45) is 0 Å². The van der Waals surface area contributed by atoms with Crippen LogP contribution in [0.1, 0.15) is 103 Å². The second kappa shape index (κ2) is 27.7. The summed E-state index contributed by atoms with van der Waals surface area (Å²) in [7, 11) is 3.94. The van der Waals surface area contributed by atoms with Crippen LogP contribution in [0, 0.1) is 0 Å². The van der Waals surface area contributed by atoms with Crippen molar-refractivity contribution in [3.63, 3.8) is 0 Å². The zero-order valence-electron chi connectivity index (χ0n) is 24.0. The number of rotatable bonds is 23. The summed E-state index contributed by atoms with van der Waals surface area (Å²) in [5, 5.41) is 0.761. The Balaban J connectivity index is 1.89. The molecular formula is C33H50O4S2. The molecule has 4 nitrogen and oxygen atoms in total. The zero-order valence-corrected chi connectivity index (χ0v) is 25.7. The minimum atomic E-state index is -0.286. The van der Waals surface area contributed by atoms with Gasteiger partial charge in [-0.05, 0) is 82.8 Å². The quantitative estimate of drug-likeness (QED) is 0.0398. The second-order valence-electron chi connectivity index (χ2n) is 9.43. The van der Waals surface area contributed by atoms with Crippen molar-refractivity contribution in [2.75, 3.05) is 19.0 Å². The molecule has 0 bridgehead atoms. The fourth-order valence-corrected chi connectivity index (χ4v) is 6.72. The van der Waals surface area contributed by atoms with Crippen LogP contribution in [0.5, 0.6) is 0 Å². The molecule has 0 aromatic heterocycles. The Bertz CT molecular complexity index is 801. The summed E-state index contributed by atoms with van der Waals surface area (Å²) in [6.45, 7) is 2.73. The molecule has 1 atom stereocenters. The van der Waals surface area contributed by atoms with Crippen LogP contribution in [-0.2, 0) is 19.1 Å². The number of carbonyl (C=O) groups excluding carboxylic acids is 2. The highest BCUT2D eigenvalue weighted by Gasteiger charge is 2.15. The minimum absolute atomic E-state index is 0.154. The molecule has 1 aliphatic heterocycles. The number of esters is 2. The van der Waals surface area contributed by atoms with Crippen LogP contribution < -0.4 is 0 Å². The fraction of sp³-hybridized carbons (Fsp3) is 0.606. The molecule has 0 spiro atoms. The van der Waals surface area contributed by atoms with Crippen molar-refractivity contribution in [2.45, 2.75) is 108 Å². The Morgan fingerprint density at radius 3 is 2.13 bits per heavy atom. The minimum Gasteiger partial charge on any atom is -0.466 e. The lowest BCUT2D eigenvalue weighted by molar-refractivity contribution is -0.145.